The molecule has 0 spiro atoms. The molecule has 1 fully saturated rings. The highest BCUT2D eigenvalue weighted by atomic mass is 32.2. The molecule has 0 aromatic heterocycles. The number of benzene rings is 2. The fourth-order valence-electron chi connectivity index (χ4n) is 2.54. The maximum atomic E-state index is 2.50. The molecule has 0 bridgehead atoms. The van der Waals surface area contributed by atoms with Crippen LogP contribution >= 0.6 is 23.5 Å². The van der Waals surface area contributed by atoms with Crippen molar-refractivity contribution in [3.05, 3.63) is 72.5 Å². The number of rotatable bonds is 4. The summed E-state index contributed by atoms with van der Waals surface area (Å²) in [6, 6.07) is 17.7. The van der Waals surface area contributed by atoms with Crippen molar-refractivity contribution in [1.82, 2.24) is 0 Å². The van der Waals surface area contributed by atoms with Gasteiger partial charge in [0.15, 0.2) is 0 Å². The van der Waals surface area contributed by atoms with Crippen LogP contribution in [0.15, 0.2) is 58.3 Å². The molecule has 2 radical (unpaired) electrons. The first-order chi connectivity index (χ1) is 10.7. The number of hydrogen-bond acceptors (Lipinski definition) is 2. The predicted octanol–water partition coefficient (Wildman–Crippen LogP) is 6.13. The molecule has 2 atom stereocenters. The van der Waals surface area contributed by atoms with Crippen LogP contribution < -0.4 is 0 Å². The Hall–Kier alpha value is -0.860. The van der Waals surface area contributed by atoms with E-state index in [2.05, 4.69) is 75.2 Å². The van der Waals surface area contributed by atoms with Gasteiger partial charge >= 0.3 is 0 Å². The van der Waals surface area contributed by atoms with E-state index in [1.54, 1.807) is 0 Å². The first-order valence-corrected chi connectivity index (χ1v) is 9.58. The van der Waals surface area contributed by atoms with Crippen LogP contribution in [0.3, 0.4) is 0 Å². The fraction of sp³-hybridized carbons (Fsp3) is 0.300. The number of aryl methyl sites for hydroxylation is 2. The van der Waals surface area contributed by atoms with Gasteiger partial charge in [-0.25, -0.2) is 0 Å². The molecule has 0 aliphatic heterocycles. The Morgan fingerprint density at radius 2 is 1.00 bits per heavy atom. The summed E-state index contributed by atoms with van der Waals surface area (Å²) < 4.78 is 0. The Bertz CT molecular complexity index is 523. The van der Waals surface area contributed by atoms with Crippen molar-refractivity contribution < 1.29 is 0 Å². The smallest absolute Gasteiger partial charge is 0.0129 e. The average molecular weight is 327 g/mol. The quantitative estimate of drug-likeness (QED) is 0.663. The van der Waals surface area contributed by atoms with Crippen molar-refractivity contribution in [2.45, 2.75) is 47.0 Å². The second-order valence-electron chi connectivity index (χ2n) is 5.88. The normalized spacial score (nSPS) is 21.7. The van der Waals surface area contributed by atoms with Gasteiger partial charge in [0.25, 0.3) is 0 Å². The molecule has 0 nitrogen and oxygen atoms in total. The van der Waals surface area contributed by atoms with Gasteiger partial charge in [0.2, 0.25) is 0 Å². The molecular weight excluding hydrogens is 304 g/mol. The molecule has 2 aromatic rings. The Labute approximate surface area is 143 Å². The molecule has 0 heterocycles. The van der Waals surface area contributed by atoms with E-state index in [1.165, 1.54) is 33.8 Å². The zero-order chi connectivity index (χ0) is 15.4. The van der Waals surface area contributed by atoms with E-state index in [-0.39, 0.29) is 0 Å². The average Bonchev–Trinajstić information content (AvgIpc) is 2.54. The third-order valence-corrected chi connectivity index (χ3v) is 6.34. The summed E-state index contributed by atoms with van der Waals surface area (Å²) in [5.41, 5.74) is 2.66. The zero-order valence-electron chi connectivity index (χ0n) is 13.2. The molecule has 1 aliphatic rings. The minimum Gasteiger partial charge on any atom is -0.122 e. The monoisotopic (exact) mass is 326 g/mol. The fourth-order valence-corrected chi connectivity index (χ4v) is 4.65. The molecule has 0 amide bonds. The second kappa shape index (κ2) is 7.61. The lowest BCUT2D eigenvalue weighted by atomic mass is 10.00. The molecule has 3 rings (SSSR count). The molecule has 2 unspecified atom stereocenters. The third kappa shape index (κ3) is 4.57. The summed E-state index contributed by atoms with van der Waals surface area (Å²) in [5, 5.41) is 1.25. The second-order valence-corrected chi connectivity index (χ2v) is 8.51. The van der Waals surface area contributed by atoms with Gasteiger partial charge in [0.05, 0.1) is 0 Å². The molecular formula is C20H22S2. The highest BCUT2D eigenvalue weighted by Crippen LogP contribution is 2.38. The van der Waals surface area contributed by atoms with Gasteiger partial charge < -0.3 is 0 Å². The van der Waals surface area contributed by atoms with E-state index in [0.717, 1.165) is 0 Å². The first-order valence-electron chi connectivity index (χ1n) is 7.82. The van der Waals surface area contributed by atoms with Gasteiger partial charge in [0, 0.05) is 20.3 Å². The molecule has 0 N–H and O–H groups in total. The van der Waals surface area contributed by atoms with Gasteiger partial charge in [-0.1, -0.05) is 35.4 Å². The van der Waals surface area contributed by atoms with E-state index in [4.69, 9.17) is 0 Å². The summed E-state index contributed by atoms with van der Waals surface area (Å²) in [4.78, 5) is 2.76. The van der Waals surface area contributed by atoms with Crippen molar-refractivity contribution in [2.75, 3.05) is 0 Å². The predicted molar refractivity (Wildman–Crippen MR) is 99.5 cm³/mol. The summed E-state index contributed by atoms with van der Waals surface area (Å²) in [5.74, 6) is 0. The zero-order valence-corrected chi connectivity index (χ0v) is 14.8. The molecule has 1 aliphatic carbocycles. The van der Waals surface area contributed by atoms with E-state index >= 15 is 0 Å². The largest absolute Gasteiger partial charge is 0.122 e. The highest BCUT2D eigenvalue weighted by molar-refractivity contribution is 8.00. The van der Waals surface area contributed by atoms with Crippen LogP contribution in [0.5, 0.6) is 0 Å². The standard InChI is InChI=1S/C20H22S2/c1-15-3-7-17(8-4-15)21-19-11-13-20(14-12-19)22-18-9-5-16(2)6-10-18/h3-11,14,19-20H,12-13H2,1-2H3. The van der Waals surface area contributed by atoms with Crippen LogP contribution in [-0.2, 0) is 0 Å². The maximum Gasteiger partial charge on any atom is 0.0129 e. The van der Waals surface area contributed by atoms with Crippen LogP contribution in [0.25, 0.3) is 0 Å². The topological polar surface area (TPSA) is 0 Å². The minimum absolute atomic E-state index is 0.623. The van der Waals surface area contributed by atoms with Gasteiger partial charge in [-0.15, -0.1) is 23.5 Å². The van der Waals surface area contributed by atoms with Gasteiger partial charge in [-0.3, -0.25) is 0 Å². The van der Waals surface area contributed by atoms with Gasteiger partial charge in [-0.05, 0) is 63.8 Å². The number of thioether (sulfide) groups is 2. The van der Waals surface area contributed by atoms with E-state index in [9.17, 15) is 0 Å². The Morgan fingerprint density at radius 1 is 0.636 bits per heavy atom. The summed E-state index contributed by atoms with van der Waals surface area (Å²) in [6.45, 7) is 4.28. The Morgan fingerprint density at radius 3 is 1.32 bits per heavy atom. The summed E-state index contributed by atoms with van der Waals surface area (Å²) in [7, 11) is 0. The molecule has 114 valence electrons. The van der Waals surface area contributed by atoms with Gasteiger partial charge in [-0.2, -0.15) is 0 Å². The van der Waals surface area contributed by atoms with Gasteiger partial charge in [0.1, 0.15) is 0 Å². The minimum atomic E-state index is 0.623. The Balaban J connectivity index is 1.47. The van der Waals surface area contributed by atoms with Crippen LogP contribution in [0.4, 0.5) is 0 Å². The molecule has 1 saturated carbocycles. The van der Waals surface area contributed by atoms with Crippen LogP contribution in [-0.4, -0.2) is 10.5 Å². The Kier molecular flexibility index (Phi) is 5.54. The van der Waals surface area contributed by atoms with Crippen molar-refractivity contribution in [1.29, 1.82) is 0 Å². The van der Waals surface area contributed by atoms with E-state index < -0.39 is 0 Å². The van der Waals surface area contributed by atoms with E-state index in [1.807, 2.05) is 23.5 Å². The summed E-state index contributed by atoms with van der Waals surface area (Å²) >= 11 is 3.97. The third-order valence-electron chi connectivity index (χ3n) is 3.88. The maximum absolute atomic E-state index is 2.50. The molecule has 22 heavy (non-hydrogen) atoms. The molecule has 2 aromatic carbocycles. The summed E-state index contributed by atoms with van der Waals surface area (Å²) in [6.07, 6.45) is 7.33. The lowest BCUT2D eigenvalue weighted by molar-refractivity contribution is 0.738. The number of hydrogen-bond donors (Lipinski definition) is 0. The van der Waals surface area contributed by atoms with E-state index in [0.29, 0.717) is 10.5 Å². The highest BCUT2D eigenvalue weighted by Gasteiger charge is 2.23. The molecule has 0 saturated heterocycles. The van der Waals surface area contributed by atoms with Crippen LogP contribution in [0.2, 0.25) is 0 Å². The lowest BCUT2D eigenvalue weighted by Gasteiger charge is -2.27. The van der Waals surface area contributed by atoms with Crippen molar-refractivity contribution >= 4 is 23.5 Å². The van der Waals surface area contributed by atoms with Crippen LogP contribution in [0.1, 0.15) is 24.0 Å². The SMILES string of the molecule is Cc1ccc(SC2[CH]CC(Sc3ccc(C)cc3)[CH]C2)cc1. The van der Waals surface area contributed by atoms with Crippen LogP contribution in [0, 0.1) is 26.7 Å². The molecule has 2 heteroatoms. The lowest BCUT2D eigenvalue weighted by Crippen LogP contribution is -2.19. The first kappa shape index (κ1) is 16.0. The van der Waals surface area contributed by atoms with Crippen molar-refractivity contribution in [3.8, 4) is 0 Å². The van der Waals surface area contributed by atoms with Crippen molar-refractivity contribution in [2.24, 2.45) is 0 Å². The van der Waals surface area contributed by atoms with Crippen molar-refractivity contribution in [3.63, 3.8) is 0 Å².